The van der Waals surface area contributed by atoms with Crippen molar-refractivity contribution >= 4 is 15.8 Å². The molecule has 0 saturated carbocycles. The maximum Gasteiger partial charge on any atom is 0.191 e. The highest BCUT2D eigenvalue weighted by Crippen LogP contribution is 2.04. The zero-order valence-corrected chi connectivity index (χ0v) is 15.3. The largest absolute Gasteiger partial charge is 0.379 e. The van der Waals surface area contributed by atoms with Crippen LogP contribution in [0.5, 0.6) is 0 Å². The quantitative estimate of drug-likeness (QED) is 0.321. The second kappa shape index (κ2) is 12.7. The highest BCUT2D eigenvalue weighted by molar-refractivity contribution is 7.90. The Balaban J connectivity index is 3.70. The first kappa shape index (κ1) is 21.2. The van der Waals surface area contributed by atoms with E-state index in [1.54, 1.807) is 7.05 Å². The molecule has 0 saturated heterocycles. The van der Waals surface area contributed by atoms with Crippen molar-refractivity contribution in [1.82, 2.24) is 10.6 Å². The predicted octanol–water partition coefficient (Wildman–Crippen LogP) is 1.57. The van der Waals surface area contributed by atoms with Crippen LogP contribution < -0.4 is 10.6 Å². The van der Waals surface area contributed by atoms with Crippen LogP contribution >= 0.6 is 0 Å². The summed E-state index contributed by atoms with van der Waals surface area (Å²) in [5, 5.41) is 6.51. The first-order valence-electron chi connectivity index (χ1n) is 8.11. The fourth-order valence-electron chi connectivity index (χ4n) is 1.93. The minimum absolute atomic E-state index is 0.0643. The lowest BCUT2D eigenvalue weighted by Crippen LogP contribution is -2.43. The fourth-order valence-corrected chi connectivity index (χ4v) is 2.35. The molecule has 6 nitrogen and oxygen atoms in total. The van der Waals surface area contributed by atoms with Crippen LogP contribution in [0.2, 0.25) is 0 Å². The van der Waals surface area contributed by atoms with Gasteiger partial charge in [0, 0.05) is 25.9 Å². The Hall–Kier alpha value is -0.820. The maximum atomic E-state index is 10.9. The van der Waals surface area contributed by atoms with E-state index in [2.05, 4.69) is 29.5 Å². The Labute approximate surface area is 136 Å². The minimum Gasteiger partial charge on any atom is -0.379 e. The summed E-state index contributed by atoms with van der Waals surface area (Å²) in [6.45, 7) is 5.67. The van der Waals surface area contributed by atoms with E-state index >= 15 is 0 Å². The number of hydrogen-bond acceptors (Lipinski definition) is 4. The molecule has 0 aliphatic heterocycles. The molecule has 0 aromatic heterocycles. The van der Waals surface area contributed by atoms with Crippen molar-refractivity contribution < 1.29 is 13.2 Å². The third-order valence-corrected chi connectivity index (χ3v) is 4.14. The monoisotopic (exact) mass is 335 g/mol. The number of guanidine groups is 1. The number of ether oxygens (including phenoxy) is 1. The number of unbranched alkanes of at least 4 members (excludes halogenated alkanes) is 3. The van der Waals surface area contributed by atoms with Crippen LogP contribution in [0.1, 0.15) is 46.0 Å². The van der Waals surface area contributed by atoms with E-state index in [4.69, 9.17) is 4.74 Å². The summed E-state index contributed by atoms with van der Waals surface area (Å²) >= 11 is 0. The first-order chi connectivity index (χ1) is 10.4. The highest BCUT2D eigenvalue weighted by atomic mass is 32.2. The van der Waals surface area contributed by atoms with Crippen LogP contribution in [0.4, 0.5) is 0 Å². The Bertz CT molecular complexity index is 397. The zero-order valence-electron chi connectivity index (χ0n) is 14.5. The van der Waals surface area contributed by atoms with Gasteiger partial charge in [0.25, 0.3) is 0 Å². The van der Waals surface area contributed by atoms with Crippen molar-refractivity contribution in [1.29, 1.82) is 0 Å². The van der Waals surface area contributed by atoms with Crippen molar-refractivity contribution in [2.75, 3.05) is 38.8 Å². The van der Waals surface area contributed by atoms with Gasteiger partial charge in [0.2, 0.25) is 0 Å². The van der Waals surface area contributed by atoms with Crippen molar-refractivity contribution in [3.05, 3.63) is 0 Å². The van der Waals surface area contributed by atoms with E-state index in [1.165, 1.54) is 31.9 Å². The molecule has 1 atom stereocenters. The van der Waals surface area contributed by atoms with E-state index in [9.17, 15) is 8.42 Å². The Morgan fingerprint density at radius 1 is 1.23 bits per heavy atom. The second-order valence-electron chi connectivity index (χ2n) is 5.64. The van der Waals surface area contributed by atoms with E-state index in [0.717, 1.165) is 12.4 Å². The minimum atomic E-state index is -2.94. The van der Waals surface area contributed by atoms with Gasteiger partial charge in [0.05, 0.1) is 19.0 Å². The van der Waals surface area contributed by atoms with Crippen molar-refractivity contribution in [2.45, 2.75) is 52.0 Å². The molecule has 0 heterocycles. The van der Waals surface area contributed by atoms with E-state index in [-0.39, 0.29) is 12.4 Å². The summed E-state index contributed by atoms with van der Waals surface area (Å²) in [5.74, 6) is 0.823. The summed E-state index contributed by atoms with van der Waals surface area (Å²) in [7, 11) is -1.20. The normalized spacial score (nSPS) is 13.9. The number of aliphatic imine (C=N–C) groups is 1. The van der Waals surface area contributed by atoms with Crippen LogP contribution in [0.25, 0.3) is 0 Å². The molecular formula is C15H33N3O3S. The molecule has 22 heavy (non-hydrogen) atoms. The van der Waals surface area contributed by atoms with Gasteiger partial charge in [0.15, 0.2) is 5.96 Å². The fraction of sp³-hybridized carbons (Fsp3) is 0.933. The van der Waals surface area contributed by atoms with Gasteiger partial charge in [0.1, 0.15) is 9.84 Å². The summed E-state index contributed by atoms with van der Waals surface area (Å²) in [6, 6.07) is 0.384. The lowest BCUT2D eigenvalue weighted by atomic mass is 10.1. The predicted molar refractivity (Wildman–Crippen MR) is 93.2 cm³/mol. The summed E-state index contributed by atoms with van der Waals surface area (Å²) in [4.78, 5) is 4.17. The molecule has 0 aromatic carbocycles. The van der Waals surface area contributed by atoms with Crippen LogP contribution in [-0.4, -0.2) is 59.2 Å². The molecule has 0 rings (SSSR count). The number of nitrogens with one attached hydrogen (secondary N) is 2. The standard InChI is InChI=1S/C15H33N3O3S/c1-5-6-7-8-9-14(2)18-15(16-3)17-10-11-21-12-13-22(4,19)20/h14H,5-13H2,1-4H3,(H2,16,17,18). The van der Waals surface area contributed by atoms with Gasteiger partial charge in [-0.3, -0.25) is 4.99 Å². The molecule has 0 amide bonds. The SMILES string of the molecule is CCCCCCC(C)NC(=NC)NCCOCCS(C)(=O)=O. The molecule has 0 bridgehead atoms. The van der Waals surface area contributed by atoms with Crippen molar-refractivity contribution in [3.63, 3.8) is 0 Å². The molecule has 1 unspecified atom stereocenters. The Kier molecular flexibility index (Phi) is 12.2. The lowest BCUT2D eigenvalue weighted by molar-refractivity contribution is 0.154. The van der Waals surface area contributed by atoms with Gasteiger partial charge in [-0.05, 0) is 13.3 Å². The first-order valence-corrected chi connectivity index (χ1v) is 10.2. The van der Waals surface area contributed by atoms with Gasteiger partial charge >= 0.3 is 0 Å². The number of hydrogen-bond donors (Lipinski definition) is 2. The molecule has 0 aliphatic rings. The van der Waals surface area contributed by atoms with Crippen LogP contribution in [0.15, 0.2) is 4.99 Å². The molecule has 0 aliphatic carbocycles. The van der Waals surface area contributed by atoms with Gasteiger partial charge in [-0.2, -0.15) is 0 Å². The molecule has 0 radical (unpaired) electrons. The lowest BCUT2D eigenvalue weighted by Gasteiger charge is -2.17. The summed E-state index contributed by atoms with van der Waals surface area (Å²) in [6.07, 6.45) is 7.40. The molecule has 0 aromatic rings. The van der Waals surface area contributed by atoms with Crippen LogP contribution in [-0.2, 0) is 14.6 Å². The van der Waals surface area contributed by atoms with Crippen molar-refractivity contribution in [2.24, 2.45) is 4.99 Å². The van der Waals surface area contributed by atoms with E-state index < -0.39 is 9.84 Å². The number of sulfone groups is 1. The van der Waals surface area contributed by atoms with Crippen LogP contribution in [0.3, 0.4) is 0 Å². The number of rotatable bonds is 12. The molecular weight excluding hydrogens is 302 g/mol. The third-order valence-electron chi connectivity index (χ3n) is 3.23. The van der Waals surface area contributed by atoms with Gasteiger partial charge in [-0.25, -0.2) is 8.42 Å². The van der Waals surface area contributed by atoms with E-state index in [0.29, 0.717) is 19.2 Å². The zero-order chi connectivity index (χ0) is 16.8. The van der Waals surface area contributed by atoms with Crippen LogP contribution in [0, 0.1) is 0 Å². The van der Waals surface area contributed by atoms with E-state index in [1.807, 2.05) is 0 Å². The molecule has 7 heteroatoms. The summed E-state index contributed by atoms with van der Waals surface area (Å²) in [5.41, 5.74) is 0. The van der Waals surface area contributed by atoms with Gasteiger partial charge < -0.3 is 15.4 Å². The van der Waals surface area contributed by atoms with Crippen molar-refractivity contribution in [3.8, 4) is 0 Å². The van der Waals surface area contributed by atoms with Gasteiger partial charge in [-0.1, -0.05) is 32.6 Å². The summed E-state index contributed by atoms with van der Waals surface area (Å²) < 4.78 is 27.2. The smallest absolute Gasteiger partial charge is 0.191 e. The second-order valence-corrected chi connectivity index (χ2v) is 7.90. The molecule has 0 fully saturated rings. The average Bonchev–Trinajstić information content (AvgIpc) is 2.44. The van der Waals surface area contributed by atoms with Gasteiger partial charge in [-0.15, -0.1) is 0 Å². The molecule has 132 valence electrons. The average molecular weight is 336 g/mol. The topological polar surface area (TPSA) is 79.8 Å². The Morgan fingerprint density at radius 2 is 1.95 bits per heavy atom. The highest BCUT2D eigenvalue weighted by Gasteiger charge is 2.05. The molecule has 2 N–H and O–H groups in total. The third kappa shape index (κ3) is 14.1. The number of nitrogens with zero attached hydrogens (tertiary/aromatic N) is 1. The Morgan fingerprint density at radius 3 is 2.55 bits per heavy atom. The maximum absolute atomic E-state index is 10.9. The molecule has 0 spiro atoms.